The van der Waals surface area contributed by atoms with Gasteiger partial charge >= 0.3 is 0 Å². The lowest BCUT2D eigenvalue weighted by Crippen LogP contribution is -2.00. The largest absolute Gasteiger partial charge is 0.475 e. The van der Waals surface area contributed by atoms with E-state index >= 15 is 0 Å². The van der Waals surface area contributed by atoms with Gasteiger partial charge in [0.25, 0.3) is 5.88 Å². The summed E-state index contributed by atoms with van der Waals surface area (Å²) >= 11 is 5.43. The van der Waals surface area contributed by atoms with Crippen molar-refractivity contribution in [3.63, 3.8) is 0 Å². The summed E-state index contributed by atoms with van der Waals surface area (Å²) in [6, 6.07) is 0. The molecule has 1 rings (SSSR count). The van der Waals surface area contributed by atoms with Gasteiger partial charge in [-0.15, -0.1) is 0 Å². The van der Waals surface area contributed by atoms with Crippen LogP contribution in [0.3, 0.4) is 0 Å². The Morgan fingerprint density at radius 3 is 3.08 bits per heavy atom. The Morgan fingerprint density at radius 1 is 1.67 bits per heavy atom. The van der Waals surface area contributed by atoms with E-state index in [4.69, 9.17) is 16.3 Å². The Hall–Kier alpha value is -0.900. The quantitative estimate of drug-likeness (QED) is 0.685. The smallest absolute Gasteiger partial charge is 0.254 e. The minimum Gasteiger partial charge on any atom is -0.475 e. The lowest BCUT2D eigenvalue weighted by atomic mass is 10.5. The van der Waals surface area contributed by atoms with E-state index in [0.29, 0.717) is 6.61 Å². The van der Waals surface area contributed by atoms with Crippen LogP contribution in [0.5, 0.6) is 5.88 Å². The minimum absolute atomic E-state index is 0.0116. The molecule has 0 saturated carbocycles. The number of halogens is 2. The number of ether oxygens (including phenoxy) is 1. The van der Waals surface area contributed by atoms with Crippen LogP contribution in [-0.2, 0) is 0 Å². The van der Waals surface area contributed by atoms with Crippen LogP contribution in [-0.4, -0.2) is 16.6 Å². The fourth-order valence-corrected chi connectivity index (χ4v) is 0.757. The van der Waals surface area contributed by atoms with E-state index in [-0.39, 0.29) is 11.2 Å². The maximum absolute atomic E-state index is 12.8. The highest BCUT2D eigenvalue weighted by molar-refractivity contribution is 6.28. The summed E-state index contributed by atoms with van der Waals surface area (Å²) in [5.41, 5.74) is 0. The van der Waals surface area contributed by atoms with Crippen molar-refractivity contribution in [3.8, 4) is 5.88 Å². The van der Waals surface area contributed by atoms with Crippen molar-refractivity contribution in [2.75, 3.05) is 6.61 Å². The van der Waals surface area contributed by atoms with Gasteiger partial charge in [0.15, 0.2) is 0 Å². The fourth-order valence-electron chi connectivity index (χ4n) is 0.631. The van der Waals surface area contributed by atoms with Gasteiger partial charge in [-0.25, -0.2) is 4.98 Å². The van der Waals surface area contributed by atoms with Gasteiger partial charge in [0, 0.05) is 0 Å². The van der Waals surface area contributed by atoms with Crippen molar-refractivity contribution in [2.45, 2.75) is 13.3 Å². The molecule has 1 heterocycles. The normalized spacial score (nSPS) is 9.92. The Morgan fingerprint density at radius 2 is 2.42 bits per heavy atom. The van der Waals surface area contributed by atoms with Gasteiger partial charge < -0.3 is 4.74 Å². The Kier molecular flexibility index (Phi) is 3.22. The van der Waals surface area contributed by atoms with E-state index in [1.807, 2.05) is 6.92 Å². The molecule has 0 aliphatic heterocycles. The molecule has 0 aliphatic carbocycles. The molecule has 0 saturated heterocycles. The monoisotopic (exact) mass is 190 g/mol. The summed E-state index contributed by atoms with van der Waals surface area (Å²) in [5.74, 6) is -0.676. The van der Waals surface area contributed by atoms with Crippen molar-refractivity contribution in [1.82, 2.24) is 9.97 Å². The molecule has 5 heteroatoms. The van der Waals surface area contributed by atoms with Crippen LogP contribution in [0.4, 0.5) is 4.39 Å². The first-order chi connectivity index (χ1) is 5.74. The van der Waals surface area contributed by atoms with Gasteiger partial charge in [0.2, 0.25) is 11.1 Å². The third-order valence-electron chi connectivity index (χ3n) is 1.13. The second kappa shape index (κ2) is 4.21. The van der Waals surface area contributed by atoms with Crippen LogP contribution in [0.2, 0.25) is 5.28 Å². The zero-order valence-electron chi connectivity index (χ0n) is 6.55. The molecule has 1 aromatic rings. The van der Waals surface area contributed by atoms with Crippen molar-refractivity contribution in [1.29, 1.82) is 0 Å². The molecule has 1 aromatic heterocycles. The van der Waals surface area contributed by atoms with Crippen LogP contribution >= 0.6 is 11.6 Å². The zero-order valence-corrected chi connectivity index (χ0v) is 7.31. The maximum Gasteiger partial charge on any atom is 0.254 e. The predicted molar refractivity (Wildman–Crippen MR) is 42.8 cm³/mol. The summed E-state index contributed by atoms with van der Waals surface area (Å²) in [6.45, 7) is 2.34. The molecular formula is C7H8ClFN2O. The average molecular weight is 191 g/mol. The molecule has 66 valence electrons. The second-order valence-corrected chi connectivity index (χ2v) is 2.48. The molecule has 12 heavy (non-hydrogen) atoms. The molecule has 0 spiro atoms. The van der Waals surface area contributed by atoms with Gasteiger partial charge in [-0.05, 0) is 18.0 Å². The van der Waals surface area contributed by atoms with Crippen molar-refractivity contribution >= 4 is 11.6 Å². The van der Waals surface area contributed by atoms with Crippen LogP contribution in [0.15, 0.2) is 6.20 Å². The van der Waals surface area contributed by atoms with E-state index in [1.54, 1.807) is 0 Å². The number of aromatic nitrogens is 2. The Balaban J connectivity index is 2.75. The molecule has 0 bridgehead atoms. The highest BCUT2D eigenvalue weighted by atomic mass is 35.5. The zero-order chi connectivity index (χ0) is 8.97. The molecule has 0 atom stereocenters. The first-order valence-electron chi connectivity index (χ1n) is 3.55. The molecule has 0 N–H and O–H groups in total. The Bertz CT molecular complexity index is 270. The lowest BCUT2D eigenvalue weighted by molar-refractivity contribution is 0.287. The summed E-state index contributed by atoms with van der Waals surface area (Å²) in [6.07, 6.45) is 1.78. The molecule has 0 unspecified atom stereocenters. The third-order valence-corrected chi connectivity index (χ3v) is 1.31. The standard InChI is InChI=1S/C7H8ClFN2O/c1-2-3-12-6-5(9)4-10-7(8)11-6/h4H,2-3H2,1H3. The second-order valence-electron chi connectivity index (χ2n) is 2.14. The van der Waals surface area contributed by atoms with E-state index in [2.05, 4.69) is 9.97 Å². The van der Waals surface area contributed by atoms with E-state index in [0.717, 1.165) is 12.6 Å². The molecular weight excluding hydrogens is 183 g/mol. The van der Waals surface area contributed by atoms with Crippen molar-refractivity contribution < 1.29 is 9.13 Å². The minimum atomic E-state index is -0.590. The molecule has 0 radical (unpaired) electrons. The number of hydrogen-bond acceptors (Lipinski definition) is 3. The maximum atomic E-state index is 12.8. The molecule has 0 amide bonds. The molecule has 0 fully saturated rings. The fraction of sp³-hybridized carbons (Fsp3) is 0.429. The highest BCUT2D eigenvalue weighted by Crippen LogP contribution is 2.14. The first-order valence-corrected chi connectivity index (χ1v) is 3.92. The van der Waals surface area contributed by atoms with Crippen LogP contribution in [0, 0.1) is 5.82 Å². The van der Waals surface area contributed by atoms with E-state index in [1.165, 1.54) is 0 Å². The SMILES string of the molecule is CCCOc1nc(Cl)ncc1F. The summed E-state index contributed by atoms with van der Waals surface area (Å²) in [5, 5.41) is -0.0116. The summed E-state index contributed by atoms with van der Waals surface area (Å²) in [4.78, 5) is 7.01. The van der Waals surface area contributed by atoms with E-state index < -0.39 is 5.82 Å². The number of nitrogens with zero attached hydrogens (tertiary/aromatic N) is 2. The van der Waals surface area contributed by atoms with Gasteiger partial charge in [-0.3, -0.25) is 0 Å². The molecule has 0 aliphatic rings. The average Bonchev–Trinajstić information content (AvgIpc) is 2.07. The van der Waals surface area contributed by atoms with Crippen LogP contribution < -0.4 is 4.74 Å². The Labute approximate surface area is 74.5 Å². The first kappa shape index (κ1) is 9.19. The van der Waals surface area contributed by atoms with E-state index in [9.17, 15) is 4.39 Å². The van der Waals surface area contributed by atoms with Gasteiger partial charge in [-0.2, -0.15) is 9.37 Å². The molecule has 0 aromatic carbocycles. The topological polar surface area (TPSA) is 35.0 Å². The number of rotatable bonds is 3. The van der Waals surface area contributed by atoms with Gasteiger partial charge in [-0.1, -0.05) is 6.92 Å². The highest BCUT2D eigenvalue weighted by Gasteiger charge is 2.05. The van der Waals surface area contributed by atoms with Gasteiger partial charge in [0.1, 0.15) is 0 Å². The van der Waals surface area contributed by atoms with Crippen LogP contribution in [0.25, 0.3) is 0 Å². The molecule has 3 nitrogen and oxygen atoms in total. The van der Waals surface area contributed by atoms with Crippen molar-refractivity contribution in [2.24, 2.45) is 0 Å². The summed E-state index contributed by atoms with van der Waals surface area (Å²) in [7, 11) is 0. The summed E-state index contributed by atoms with van der Waals surface area (Å²) < 4.78 is 17.7. The number of hydrogen-bond donors (Lipinski definition) is 0. The van der Waals surface area contributed by atoms with Crippen molar-refractivity contribution in [3.05, 3.63) is 17.3 Å². The van der Waals surface area contributed by atoms with Crippen LogP contribution in [0.1, 0.15) is 13.3 Å². The lowest BCUT2D eigenvalue weighted by Gasteiger charge is -2.03. The van der Waals surface area contributed by atoms with Gasteiger partial charge in [0.05, 0.1) is 12.8 Å². The third kappa shape index (κ3) is 2.30. The predicted octanol–water partition coefficient (Wildman–Crippen LogP) is 2.06.